The van der Waals surface area contributed by atoms with Crippen LogP contribution in [0.4, 0.5) is 0 Å². The van der Waals surface area contributed by atoms with Crippen molar-refractivity contribution in [3.05, 3.63) is 47.7 Å². The van der Waals surface area contributed by atoms with Crippen LogP contribution in [0.2, 0.25) is 0 Å². The van der Waals surface area contributed by atoms with E-state index in [4.69, 9.17) is 4.74 Å². The van der Waals surface area contributed by atoms with Gasteiger partial charge in [-0.2, -0.15) is 0 Å². The summed E-state index contributed by atoms with van der Waals surface area (Å²) in [5.41, 5.74) is 2.09. The monoisotopic (exact) mass is 286 g/mol. The minimum absolute atomic E-state index is 0.617. The first kappa shape index (κ1) is 15.4. The SMILES string of the molecule is COc1ccc(Cc2nccc(CNCC(C)C)n2)cn1. The Labute approximate surface area is 125 Å². The lowest BCUT2D eigenvalue weighted by atomic mass is 10.2. The maximum absolute atomic E-state index is 5.05. The maximum atomic E-state index is 5.05. The summed E-state index contributed by atoms with van der Waals surface area (Å²) in [6, 6.07) is 5.78. The quantitative estimate of drug-likeness (QED) is 0.845. The summed E-state index contributed by atoms with van der Waals surface area (Å²) >= 11 is 0. The first-order chi connectivity index (χ1) is 10.2. The average molecular weight is 286 g/mol. The lowest BCUT2D eigenvalue weighted by molar-refractivity contribution is 0.397. The highest BCUT2D eigenvalue weighted by atomic mass is 16.5. The molecule has 21 heavy (non-hydrogen) atoms. The molecule has 1 N–H and O–H groups in total. The molecule has 2 rings (SSSR count). The lowest BCUT2D eigenvalue weighted by Gasteiger charge is -2.08. The topological polar surface area (TPSA) is 59.9 Å². The van der Waals surface area contributed by atoms with Crippen molar-refractivity contribution in [2.24, 2.45) is 5.92 Å². The van der Waals surface area contributed by atoms with E-state index >= 15 is 0 Å². The summed E-state index contributed by atoms with van der Waals surface area (Å²) in [6.07, 6.45) is 4.28. The van der Waals surface area contributed by atoms with Crippen molar-refractivity contribution in [3.63, 3.8) is 0 Å². The number of aromatic nitrogens is 3. The minimum Gasteiger partial charge on any atom is -0.481 e. The Hall–Kier alpha value is -2.01. The van der Waals surface area contributed by atoms with Crippen molar-refractivity contribution in [1.82, 2.24) is 20.3 Å². The zero-order chi connectivity index (χ0) is 15.1. The summed E-state index contributed by atoms with van der Waals surface area (Å²) < 4.78 is 5.05. The third-order valence-corrected chi connectivity index (χ3v) is 2.99. The van der Waals surface area contributed by atoms with Crippen LogP contribution in [0, 0.1) is 5.92 Å². The van der Waals surface area contributed by atoms with Crippen molar-refractivity contribution < 1.29 is 4.74 Å². The Morgan fingerprint density at radius 2 is 2.05 bits per heavy atom. The first-order valence-corrected chi connectivity index (χ1v) is 7.18. The molecule has 0 bridgehead atoms. The van der Waals surface area contributed by atoms with Crippen LogP contribution in [-0.2, 0) is 13.0 Å². The van der Waals surface area contributed by atoms with Crippen LogP contribution in [0.5, 0.6) is 5.88 Å². The Morgan fingerprint density at radius 3 is 2.71 bits per heavy atom. The third kappa shape index (κ3) is 5.11. The summed E-state index contributed by atoms with van der Waals surface area (Å²) in [6.45, 7) is 6.14. The molecule has 2 aromatic heterocycles. The van der Waals surface area contributed by atoms with Gasteiger partial charge in [0.1, 0.15) is 5.82 Å². The van der Waals surface area contributed by atoms with E-state index < -0.39 is 0 Å². The molecule has 112 valence electrons. The van der Waals surface area contributed by atoms with Crippen LogP contribution in [0.1, 0.15) is 30.9 Å². The van der Waals surface area contributed by atoms with Crippen molar-refractivity contribution in [3.8, 4) is 5.88 Å². The van der Waals surface area contributed by atoms with Gasteiger partial charge in [0.2, 0.25) is 5.88 Å². The number of hydrogen-bond acceptors (Lipinski definition) is 5. The second-order valence-electron chi connectivity index (χ2n) is 5.37. The van der Waals surface area contributed by atoms with Crippen LogP contribution >= 0.6 is 0 Å². The highest BCUT2D eigenvalue weighted by Gasteiger charge is 2.03. The smallest absolute Gasteiger partial charge is 0.212 e. The molecule has 0 amide bonds. The fourth-order valence-corrected chi connectivity index (χ4v) is 1.93. The van der Waals surface area contributed by atoms with Gasteiger partial charge in [-0.15, -0.1) is 0 Å². The molecule has 0 aliphatic carbocycles. The molecule has 2 aromatic rings. The molecule has 0 saturated carbocycles. The molecule has 0 radical (unpaired) electrons. The molecule has 0 saturated heterocycles. The number of hydrogen-bond donors (Lipinski definition) is 1. The number of methoxy groups -OCH3 is 1. The van der Waals surface area contributed by atoms with Crippen molar-refractivity contribution >= 4 is 0 Å². The molecule has 2 heterocycles. The normalized spacial score (nSPS) is 10.9. The molecule has 0 fully saturated rings. The fourth-order valence-electron chi connectivity index (χ4n) is 1.93. The molecular weight excluding hydrogens is 264 g/mol. The van der Waals surface area contributed by atoms with Gasteiger partial charge in [-0.3, -0.25) is 0 Å². The van der Waals surface area contributed by atoms with Gasteiger partial charge in [-0.1, -0.05) is 19.9 Å². The number of nitrogens with zero attached hydrogens (tertiary/aromatic N) is 3. The molecule has 0 atom stereocenters. The van der Waals surface area contributed by atoms with Gasteiger partial charge in [0.15, 0.2) is 0 Å². The number of rotatable bonds is 7. The lowest BCUT2D eigenvalue weighted by Crippen LogP contribution is -2.20. The second kappa shape index (κ2) is 7.69. The van der Waals surface area contributed by atoms with Gasteiger partial charge in [0, 0.05) is 31.4 Å². The van der Waals surface area contributed by atoms with E-state index in [0.717, 1.165) is 30.2 Å². The van der Waals surface area contributed by atoms with E-state index in [0.29, 0.717) is 18.2 Å². The van der Waals surface area contributed by atoms with Crippen LogP contribution in [-0.4, -0.2) is 28.6 Å². The Bertz CT molecular complexity index is 554. The van der Waals surface area contributed by atoms with E-state index in [-0.39, 0.29) is 0 Å². The van der Waals surface area contributed by atoms with Crippen LogP contribution in [0.25, 0.3) is 0 Å². The standard InChI is InChI=1S/C16H22N4O/c1-12(2)9-17-11-14-6-7-18-15(20-14)8-13-4-5-16(21-3)19-10-13/h4-7,10,12,17H,8-9,11H2,1-3H3. The van der Waals surface area contributed by atoms with Crippen molar-refractivity contribution in [2.75, 3.05) is 13.7 Å². The average Bonchev–Trinajstić information content (AvgIpc) is 2.48. The van der Waals surface area contributed by atoms with E-state index in [1.165, 1.54) is 0 Å². The highest BCUT2D eigenvalue weighted by molar-refractivity contribution is 5.21. The van der Waals surface area contributed by atoms with E-state index in [2.05, 4.69) is 34.1 Å². The Balaban J connectivity index is 1.96. The molecular formula is C16H22N4O. The largest absolute Gasteiger partial charge is 0.481 e. The summed E-state index contributed by atoms with van der Waals surface area (Å²) in [5.74, 6) is 2.06. The fraction of sp³-hybridized carbons (Fsp3) is 0.438. The number of ether oxygens (including phenoxy) is 1. The zero-order valence-corrected chi connectivity index (χ0v) is 12.8. The van der Waals surface area contributed by atoms with Gasteiger partial charge in [-0.05, 0) is 24.1 Å². The molecule has 0 unspecified atom stereocenters. The predicted octanol–water partition coefficient (Wildman–Crippen LogP) is 2.22. The van der Waals surface area contributed by atoms with Crippen LogP contribution in [0.15, 0.2) is 30.6 Å². The van der Waals surface area contributed by atoms with E-state index in [1.54, 1.807) is 13.3 Å². The first-order valence-electron chi connectivity index (χ1n) is 7.18. The second-order valence-corrected chi connectivity index (χ2v) is 5.37. The van der Waals surface area contributed by atoms with E-state index in [1.807, 2.05) is 24.4 Å². The molecule has 5 heteroatoms. The van der Waals surface area contributed by atoms with Gasteiger partial charge in [-0.25, -0.2) is 15.0 Å². The third-order valence-electron chi connectivity index (χ3n) is 2.99. The Morgan fingerprint density at radius 1 is 1.19 bits per heavy atom. The molecule has 0 aliphatic heterocycles. The molecule has 5 nitrogen and oxygen atoms in total. The highest BCUT2D eigenvalue weighted by Crippen LogP contribution is 2.09. The van der Waals surface area contributed by atoms with Gasteiger partial charge >= 0.3 is 0 Å². The van der Waals surface area contributed by atoms with E-state index in [9.17, 15) is 0 Å². The van der Waals surface area contributed by atoms with Gasteiger partial charge < -0.3 is 10.1 Å². The number of nitrogens with one attached hydrogen (secondary N) is 1. The zero-order valence-electron chi connectivity index (χ0n) is 12.8. The molecule has 0 aliphatic rings. The summed E-state index contributed by atoms with van der Waals surface area (Å²) in [7, 11) is 1.61. The Kier molecular flexibility index (Phi) is 5.63. The van der Waals surface area contributed by atoms with Crippen LogP contribution < -0.4 is 10.1 Å². The summed E-state index contributed by atoms with van der Waals surface area (Å²) in [5, 5.41) is 3.39. The number of pyridine rings is 1. The summed E-state index contributed by atoms with van der Waals surface area (Å²) in [4.78, 5) is 13.1. The minimum atomic E-state index is 0.617. The molecule has 0 spiro atoms. The predicted molar refractivity (Wildman–Crippen MR) is 82.2 cm³/mol. The van der Waals surface area contributed by atoms with Crippen LogP contribution in [0.3, 0.4) is 0 Å². The van der Waals surface area contributed by atoms with Crippen molar-refractivity contribution in [2.45, 2.75) is 26.8 Å². The van der Waals surface area contributed by atoms with Gasteiger partial charge in [0.05, 0.1) is 12.8 Å². The maximum Gasteiger partial charge on any atom is 0.212 e. The van der Waals surface area contributed by atoms with Gasteiger partial charge in [0.25, 0.3) is 0 Å². The molecule has 0 aromatic carbocycles. The van der Waals surface area contributed by atoms with Crippen molar-refractivity contribution in [1.29, 1.82) is 0 Å².